The number of anilines is 2. The first-order valence-corrected chi connectivity index (χ1v) is 4.51. The van der Waals surface area contributed by atoms with Crippen molar-refractivity contribution in [1.29, 1.82) is 0 Å². The molecule has 0 saturated carbocycles. The lowest BCUT2D eigenvalue weighted by Crippen LogP contribution is -2.39. The molecular formula is C9H17N5. The van der Waals surface area contributed by atoms with Crippen LogP contribution in [0.5, 0.6) is 0 Å². The number of aryl methyl sites for hydroxylation is 1. The Balaban J connectivity index is 2.68. The lowest BCUT2D eigenvalue weighted by molar-refractivity contribution is 0.548. The summed E-state index contributed by atoms with van der Waals surface area (Å²) in [6.45, 7) is 6.40. The molecule has 0 saturated heterocycles. The molecule has 0 aromatic carbocycles. The zero-order valence-electron chi connectivity index (χ0n) is 8.83. The Morgan fingerprint density at radius 3 is 2.57 bits per heavy atom. The summed E-state index contributed by atoms with van der Waals surface area (Å²) in [5.41, 5.74) is 11.9. The Morgan fingerprint density at radius 1 is 1.43 bits per heavy atom. The molecule has 0 unspecified atom stereocenters. The number of nitrogens with one attached hydrogen (secondary N) is 1. The number of aromatic nitrogens is 2. The fourth-order valence-electron chi connectivity index (χ4n) is 1.00. The minimum Gasteiger partial charge on any atom is -0.368 e. The zero-order chi connectivity index (χ0) is 10.8. The Morgan fingerprint density at radius 2 is 2.07 bits per heavy atom. The third kappa shape index (κ3) is 3.57. The van der Waals surface area contributed by atoms with E-state index in [2.05, 4.69) is 15.3 Å². The van der Waals surface area contributed by atoms with Crippen LogP contribution in [0.1, 0.15) is 19.5 Å². The van der Waals surface area contributed by atoms with Gasteiger partial charge in [0.2, 0.25) is 5.95 Å². The first-order chi connectivity index (χ1) is 6.37. The molecule has 5 nitrogen and oxygen atoms in total. The van der Waals surface area contributed by atoms with E-state index in [0.717, 1.165) is 5.69 Å². The van der Waals surface area contributed by atoms with Gasteiger partial charge in [-0.15, -0.1) is 0 Å². The summed E-state index contributed by atoms with van der Waals surface area (Å²) >= 11 is 0. The number of nitrogen functional groups attached to an aromatic ring is 1. The standard InChI is InChI=1S/C9H17N5/c1-6-4-7(14-8(10)13-6)12-5-9(2,3)11/h4H,5,11H2,1-3H3,(H3,10,12,13,14). The second-order valence-electron chi connectivity index (χ2n) is 4.09. The highest BCUT2D eigenvalue weighted by Gasteiger charge is 2.10. The van der Waals surface area contributed by atoms with Gasteiger partial charge in [-0.2, -0.15) is 4.98 Å². The van der Waals surface area contributed by atoms with E-state index < -0.39 is 0 Å². The van der Waals surface area contributed by atoms with E-state index in [0.29, 0.717) is 12.4 Å². The van der Waals surface area contributed by atoms with Crippen LogP contribution in [0.15, 0.2) is 6.07 Å². The highest BCUT2D eigenvalue weighted by Crippen LogP contribution is 2.08. The van der Waals surface area contributed by atoms with E-state index in [1.54, 1.807) is 0 Å². The lowest BCUT2D eigenvalue weighted by atomic mass is 10.1. The molecule has 0 fully saturated rings. The van der Waals surface area contributed by atoms with Gasteiger partial charge in [0, 0.05) is 23.8 Å². The molecule has 0 radical (unpaired) electrons. The zero-order valence-corrected chi connectivity index (χ0v) is 8.83. The highest BCUT2D eigenvalue weighted by molar-refractivity contribution is 5.40. The molecule has 5 heteroatoms. The summed E-state index contributed by atoms with van der Waals surface area (Å²) in [4.78, 5) is 8.01. The van der Waals surface area contributed by atoms with Crippen molar-refractivity contribution in [3.63, 3.8) is 0 Å². The normalized spacial score (nSPS) is 11.4. The minimum absolute atomic E-state index is 0.270. The second kappa shape index (κ2) is 3.79. The number of hydrogen-bond donors (Lipinski definition) is 3. The number of nitrogens with two attached hydrogens (primary N) is 2. The first kappa shape index (κ1) is 10.7. The molecular weight excluding hydrogens is 178 g/mol. The van der Waals surface area contributed by atoms with Gasteiger partial charge in [-0.3, -0.25) is 0 Å². The van der Waals surface area contributed by atoms with Gasteiger partial charge in [0.15, 0.2) is 0 Å². The van der Waals surface area contributed by atoms with Crippen LogP contribution in [0.2, 0.25) is 0 Å². The van der Waals surface area contributed by atoms with E-state index in [-0.39, 0.29) is 11.5 Å². The largest absolute Gasteiger partial charge is 0.368 e. The predicted molar refractivity (Wildman–Crippen MR) is 57.9 cm³/mol. The van der Waals surface area contributed by atoms with Gasteiger partial charge >= 0.3 is 0 Å². The Hall–Kier alpha value is -1.36. The third-order valence-electron chi connectivity index (χ3n) is 1.60. The van der Waals surface area contributed by atoms with E-state index in [4.69, 9.17) is 11.5 Å². The number of hydrogen-bond acceptors (Lipinski definition) is 5. The van der Waals surface area contributed by atoms with Gasteiger partial charge in [0.1, 0.15) is 5.82 Å². The van der Waals surface area contributed by atoms with Crippen molar-refractivity contribution in [2.75, 3.05) is 17.6 Å². The lowest BCUT2D eigenvalue weighted by Gasteiger charge is -2.19. The summed E-state index contributed by atoms with van der Waals surface area (Å²) < 4.78 is 0. The molecule has 0 atom stereocenters. The van der Waals surface area contributed by atoms with Gasteiger partial charge in [-0.05, 0) is 20.8 Å². The molecule has 1 rings (SSSR count). The molecule has 0 spiro atoms. The number of rotatable bonds is 3. The number of nitrogens with zero attached hydrogens (tertiary/aromatic N) is 2. The quantitative estimate of drug-likeness (QED) is 0.654. The van der Waals surface area contributed by atoms with Crippen LogP contribution in [0.3, 0.4) is 0 Å². The summed E-state index contributed by atoms with van der Waals surface area (Å²) in [7, 11) is 0. The maximum atomic E-state index is 5.82. The fourth-order valence-corrected chi connectivity index (χ4v) is 1.00. The van der Waals surface area contributed by atoms with E-state index in [9.17, 15) is 0 Å². The maximum absolute atomic E-state index is 5.82. The van der Waals surface area contributed by atoms with Crippen LogP contribution in [-0.2, 0) is 0 Å². The minimum atomic E-state index is -0.270. The van der Waals surface area contributed by atoms with Crippen molar-refractivity contribution < 1.29 is 0 Å². The van der Waals surface area contributed by atoms with Crippen molar-refractivity contribution in [2.24, 2.45) is 5.73 Å². The van der Waals surface area contributed by atoms with Gasteiger partial charge in [0.05, 0.1) is 0 Å². The predicted octanol–water partition coefficient (Wildman–Crippen LogP) is 0.516. The molecule has 0 bridgehead atoms. The first-order valence-electron chi connectivity index (χ1n) is 4.51. The molecule has 14 heavy (non-hydrogen) atoms. The van der Waals surface area contributed by atoms with Gasteiger partial charge in [-0.1, -0.05) is 0 Å². The van der Waals surface area contributed by atoms with Crippen LogP contribution < -0.4 is 16.8 Å². The van der Waals surface area contributed by atoms with Gasteiger partial charge < -0.3 is 16.8 Å². The summed E-state index contributed by atoms with van der Waals surface area (Å²) in [5, 5.41) is 3.11. The van der Waals surface area contributed by atoms with Crippen molar-refractivity contribution in [3.05, 3.63) is 11.8 Å². The summed E-state index contributed by atoms with van der Waals surface area (Å²) in [6, 6.07) is 1.84. The van der Waals surface area contributed by atoms with Gasteiger partial charge in [0.25, 0.3) is 0 Å². The molecule has 78 valence electrons. The second-order valence-corrected chi connectivity index (χ2v) is 4.09. The smallest absolute Gasteiger partial charge is 0.222 e. The molecule has 1 heterocycles. The Labute approximate surface area is 83.9 Å². The summed E-state index contributed by atoms with van der Waals surface area (Å²) in [6.07, 6.45) is 0. The average Bonchev–Trinajstić information content (AvgIpc) is 1.97. The van der Waals surface area contributed by atoms with Crippen LogP contribution in [-0.4, -0.2) is 22.1 Å². The van der Waals surface area contributed by atoms with E-state index in [1.165, 1.54) is 0 Å². The molecule has 0 amide bonds. The average molecular weight is 195 g/mol. The molecule has 1 aromatic rings. The van der Waals surface area contributed by atoms with Crippen LogP contribution in [0.25, 0.3) is 0 Å². The SMILES string of the molecule is Cc1cc(NCC(C)(C)N)nc(N)n1. The van der Waals surface area contributed by atoms with Crippen molar-refractivity contribution in [1.82, 2.24) is 9.97 Å². The fraction of sp³-hybridized carbons (Fsp3) is 0.556. The molecule has 0 aliphatic heterocycles. The van der Waals surface area contributed by atoms with Crippen LogP contribution in [0.4, 0.5) is 11.8 Å². The monoisotopic (exact) mass is 195 g/mol. The third-order valence-corrected chi connectivity index (χ3v) is 1.60. The van der Waals surface area contributed by atoms with E-state index in [1.807, 2.05) is 26.8 Å². The Bertz CT molecular complexity index is 295. The van der Waals surface area contributed by atoms with Crippen LogP contribution in [0, 0.1) is 6.92 Å². The molecule has 0 aliphatic rings. The van der Waals surface area contributed by atoms with Crippen molar-refractivity contribution in [2.45, 2.75) is 26.3 Å². The van der Waals surface area contributed by atoms with E-state index >= 15 is 0 Å². The van der Waals surface area contributed by atoms with Crippen molar-refractivity contribution >= 4 is 11.8 Å². The Kier molecular flexibility index (Phi) is 2.90. The maximum Gasteiger partial charge on any atom is 0.222 e. The van der Waals surface area contributed by atoms with Crippen molar-refractivity contribution in [3.8, 4) is 0 Å². The van der Waals surface area contributed by atoms with Crippen LogP contribution >= 0.6 is 0 Å². The highest BCUT2D eigenvalue weighted by atomic mass is 15.1. The summed E-state index contributed by atoms with van der Waals surface area (Å²) in [5.74, 6) is 0.996. The molecule has 5 N–H and O–H groups in total. The topological polar surface area (TPSA) is 89.8 Å². The van der Waals surface area contributed by atoms with Gasteiger partial charge in [-0.25, -0.2) is 4.98 Å². The molecule has 1 aromatic heterocycles. The molecule has 0 aliphatic carbocycles.